The predicted octanol–water partition coefficient (Wildman–Crippen LogP) is 1.49. The quantitative estimate of drug-likeness (QED) is 0.323. The van der Waals surface area contributed by atoms with Gasteiger partial charge >= 0.3 is 0 Å². The van der Waals surface area contributed by atoms with Crippen molar-refractivity contribution >= 4 is 11.6 Å². The summed E-state index contributed by atoms with van der Waals surface area (Å²) >= 11 is 0. The Morgan fingerprint density at radius 3 is 2.71 bits per heavy atom. The van der Waals surface area contributed by atoms with Crippen LogP contribution in [-0.4, -0.2) is 43.4 Å². The molecule has 0 unspecified atom stereocenters. The molecule has 0 radical (unpaired) electrons. The Kier molecular flexibility index (Phi) is 6.65. The van der Waals surface area contributed by atoms with Crippen LogP contribution < -0.4 is 16.6 Å². The van der Waals surface area contributed by atoms with Gasteiger partial charge in [-0.15, -0.1) is 0 Å². The minimum atomic E-state index is 0.507. The summed E-state index contributed by atoms with van der Waals surface area (Å²) in [4.78, 5) is 8.92. The molecule has 1 fully saturated rings. The Morgan fingerprint density at radius 2 is 2.00 bits per heavy atom. The van der Waals surface area contributed by atoms with Crippen molar-refractivity contribution in [3.05, 3.63) is 11.9 Å². The summed E-state index contributed by atoms with van der Waals surface area (Å²) in [6.45, 7) is 2.93. The zero-order chi connectivity index (χ0) is 14.9. The average Bonchev–Trinajstić information content (AvgIpc) is 3.34. The Bertz CT molecular complexity index is 426. The van der Waals surface area contributed by atoms with Gasteiger partial charge in [-0.1, -0.05) is 0 Å². The topological polar surface area (TPSA) is 94.3 Å². The Hall–Kier alpha value is -1.44. The van der Waals surface area contributed by atoms with E-state index in [1.807, 2.05) is 6.07 Å². The van der Waals surface area contributed by atoms with Gasteiger partial charge in [-0.05, 0) is 25.7 Å². The maximum Gasteiger partial charge on any atom is 0.145 e. The Balaban J connectivity index is 1.66. The van der Waals surface area contributed by atoms with Crippen LogP contribution in [0.3, 0.4) is 0 Å². The van der Waals surface area contributed by atoms with E-state index >= 15 is 0 Å². The van der Waals surface area contributed by atoms with E-state index < -0.39 is 0 Å². The first kappa shape index (κ1) is 15.9. The van der Waals surface area contributed by atoms with Crippen molar-refractivity contribution < 1.29 is 9.47 Å². The van der Waals surface area contributed by atoms with Crippen molar-refractivity contribution in [2.45, 2.75) is 31.6 Å². The Labute approximate surface area is 125 Å². The molecule has 0 aromatic carbocycles. The van der Waals surface area contributed by atoms with Gasteiger partial charge < -0.3 is 20.2 Å². The maximum absolute atomic E-state index is 5.45. The first-order chi connectivity index (χ1) is 10.3. The van der Waals surface area contributed by atoms with E-state index in [2.05, 4.69) is 20.7 Å². The third-order valence-corrected chi connectivity index (χ3v) is 3.29. The van der Waals surface area contributed by atoms with Crippen LogP contribution in [0.25, 0.3) is 0 Å². The fourth-order valence-corrected chi connectivity index (χ4v) is 1.94. The zero-order valence-corrected chi connectivity index (χ0v) is 12.6. The van der Waals surface area contributed by atoms with E-state index in [1.165, 1.54) is 12.8 Å². The number of hydrogen-bond acceptors (Lipinski definition) is 7. The maximum atomic E-state index is 5.45. The number of hydrazine groups is 1. The molecule has 0 amide bonds. The van der Waals surface area contributed by atoms with Crippen LogP contribution in [0.5, 0.6) is 0 Å². The van der Waals surface area contributed by atoms with Crippen LogP contribution in [0, 0.1) is 0 Å². The van der Waals surface area contributed by atoms with Crippen LogP contribution in [-0.2, 0) is 9.47 Å². The van der Waals surface area contributed by atoms with Crippen LogP contribution in [0.4, 0.5) is 11.6 Å². The molecule has 2 rings (SSSR count). The highest BCUT2D eigenvalue weighted by molar-refractivity contribution is 5.47. The molecule has 0 bridgehead atoms. The highest BCUT2D eigenvalue weighted by Crippen LogP contribution is 2.38. The largest absolute Gasteiger partial charge is 0.382 e. The molecule has 0 saturated heterocycles. The van der Waals surface area contributed by atoms with Crippen molar-refractivity contribution in [1.29, 1.82) is 0 Å². The second-order valence-corrected chi connectivity index (χ2v) is 5.15. The summed E-state index contributed by atoms with van der Waals surface area (Å²) in [5.74, 6) is 8.34. The number of nitrogens with zero attached hydrogens (tertiary/aromatic N) is 2. The van der Waals surface area contributed by atoms with Gasteiger partial charge in [0.05, 0.1) is 13.2 Å². The highest BCUT2D eigenvalue weighted by atomic mass is 16.5. The predicted molar refractivity (Wildman–Crippen MR) is 82.2 cm³/mol. The lowest BCUT2D eigenvalue weighted by Crippen LogP contribution is -2.12. The van der Waals surface area contributed by atoms with Crippen molar-refractivity contribution in [2.75, 3.05) is 44.2 Å². The van der Waals surface area contributed by atoms with Gasteiger partial charge in [0.25, 0.3) is 0 Å². The standard InChI is InChI=1S/C14H25N5O2/c1-20-8-9-21-7-3-2-6-16-12-10-13(19-15)18-14(17-12)11-4-5-11/h10-11H,2-9,15H2,1H3,(H2,16,17,18,19). The molecule has 1 saturated carbocycles. The van der Waals surface area contributed by atoms with Crippen molar-refractivity contribution in [2.24, 2.45) is 5.84 Å². The van der Waals surface area contributed by atoms with Crippen LogP contribution >= 0.6 is 0 Å². The minimum absolute atomic E-state index is 0.507. The molecule has 1 aromatic heterocycles. The molecule has 1 aromatic rings. The molecule has 1 heterocycles. The third kappa shape index (κ3) is 5.82. The van der Waals surface area contributed by atoms with Crippen molar-refractivity contribution in [3.63, 3.8) is 0 Å². The van der Waals surface area contributed by atoms with Crippen LogP contribution in [0.15, 0.2) is 6.07 Å². The number of nitrogens with two attached hydrogens (primary N) is 1. The van der Waals surface area contributed by atoms with E-state index in [1.54, 1.807) is 7.11 Å². The number of methoxy groups -OCH3 is 1. The average molecular weight is 295 g/mol. The van der Waals surface area contributed by atoms with Gasteiger partial charge in [0.15, 0.2) is 0 Å². The summed E-state index contributed by atoms with van der Waals surface area (Å²) in [7, 11) is 1.68. The highest BCUT2D eigenvalue weighted by Gasteiger charge is 2.27. The second-order valence-electron chi connectivity index (χ2n) is 5.15. The van der Waals surface area contributed by atoms with E-state index in [0.717, 1.165) is 37.6 Å². The number of nitrogens with one attached hydrogen (secondary N) is 2. The molecule has 1 aliphatic rings. The Morgan fingerprint density at radius 1 is 1.19 bits per heavy atom. The first-order valence-electron chi connectivity index (χ1n) is 7.49. The molecule has 21 heavy (non-hydrogen) atoms. The SMILES string of the molecule is COCCOCCCCNc1cc(NN)nc(C2CC2)n1. The number of aromatic nitrogens is 2. The summed E-state index contributed by atoms with van der Waals surface area (Å²) in [5.41, 5.74) is 2.60. The number of unbranched alkanes of at least 4 members (excludes halogenated alkanes) is 1. The fourth-order valence-electron chi connectivity index (χ4n) is 1.94. The van der Waals surface area contributed by atoms with Gasteiger partial charge in [0.2, 0.25) is 0 Å². The molecule has 7 nitrogen and oxygen atoms in total. The lowest BCUT2D eigenvalue weighted by molar-refractivity contribution is 0.0691. The monoisotopic (exact) mass is 295 g/mol. The molecule has 118 valence electrons. The molecule has 0 atom stereocenters. The molecule has 7 heteroatoms. The number of ether oxygens (including phenoxy) is 2. The lowest BCUT2D eigenvalue weighted by Gasteiger charge is -2.09. The third-order valence-electron chi connectivity index (χ3n) is 3.29. The van der Waals surface area contributed by atoms with E-state index in [4.69, 9.17) is 15.3 Å². The molecule has 0 spiro atoms. The summed E-state index contributed by atoms with van der Waals surface area (Å²) < 4.78 is 10.3. The van der Waals surface area contributed by atoms with E-state index in [9.17, 15) is 0 Å². The van der Waals surface area contributed by atoms with Crippen LogP contribution in [0.2, 0.25) is 0 Å². The summed E-state index contributed by atoms with van der Waals surface area (Å²) in [6, 6.07) is 1.83. The van der Waals surface area contributed by atoms with Gasteiger partial charge in [0.1, 0.15) is 17.5 Å². The molecule has 4 N–H and O–H groups in total. The van der Waals surface area contributed by atoms with E-state index in [0.29, 0.717) is 24.9 Å². The van der Waals surface area contributed by atoms with Crippen LogP contribution in [0.1, 0.15) is 37.4 Å². The van der Waals surface area contributed by atoms with Gasteiger partial charge in [0, 0.05) is 32.2 Å². The minimum Gasteiger partial charge on any atom is -0.382 e. The van der Waals surface area contributed by atoms with Crippen molar-refractivity contribution in [3.8, 4) is 0 Å². The molecular formula is C14H25N5O2. The first-order valence-corrected chi connectivity index (χ1v) is 7.49. The van der Waals surface area contributed by atoms with Gasteiger partial charge in [-0.3, -0.25) is 0 Å². The summed E-state index contributed by atoms with van der Waals surface area (Å²) in [5, 5.41) is 3.32. The van der Waals surface area contributed by atoms with Gasteiger partial charge in [-0.25, -0.2) is 15.8 Å². The number of hydrogen-bond donors (Lipinski definition) is 3. The lowest BCUT2D eigenvalue weighted by atomic mass is 10.3. The zero-order valence-electron chi connectivity index (χ0n) is 12.6. The second kappa shape index (κ2) is 8.76. The molecule has 0 aliphatic heterocycles. The van der Waals surface area contributed by atoms with Crippen molar-refractivity contribution in [1.82, 2.24) is 9.97 Å². The smallest absolute Gasteiger partial charge is 0.145 e. The fraction of sp³-hybridized carbons (Fsp3) is 0.714. The number of anilines is 2. The number of rotatable bonds is 11. The number of nitrogen functional groups attached to an aromatic ring is 1. The normalized spacial score (nSPS) is 14.2. The summed E-state index contributed by atoms with van der Waals surface area (Å²) in [6.07, 6.45) is 4.39. The molecule has 1 aliphatic carbocycles. The van der Waals surface area contributed by atoms with Gasteiger partial charge in [-0.2, -0.15) is 0 Å². The molecular weight excluding hydrogens is 270 g/mol. The van der Waals surface area contributed by atoms with E-state index in [-0.39, 0.29) is 0 Å².